The zero-order valence-corrected chi connectivity index (χ0v) is 18.5. The molecular formula is C19H30IN3O3. The number of guanidine groups is 1. The van der Waals surface area contributed by atoms with Gasteiger partial charge in [0.25, 0.3) is 0 Å². The number of hydrogen-bond acceptors (Lipinski definition) is 4. The monoisotopic (exact) mass is 475 g/mol. The van der Waals surface area contributed by atoms with Crippen LogP contribution in [0.2, 0.25) is 0 Å². The number of hydrogen-bond donors (Lipinski definition) is 2. The molecule has 1 aliphatic carbocycles. The predicted octanol–water partition coefficient (Wildman–Crippen LogP) is 3.51. The van der Waals surface area contributed by atoms with Gasteiger partial charge in [0.1, 0.15) is 0 Å². The minimum Gasteiger partial charge on any atom is -0.493 e. The van der Waals surface area contributed by atoms with Crippen molar-refractivity contribution in [2.45, 2.75) is 39.3 Å². The molecule has 0 radical (unpaired) electrons. The van der Waals surface area contributed by atoms with Crippen molar-refractivity contribution < 1.29 is 14.2 Å². The molecule has 0 bridgehead atoms. The third-order valence-corrected chi connectivity index (χ3v) is 5.34. The van der Waals surface area contributed by atoms with E-state index in [1.54, 1.807) is 14.2 Å². The predicted molar refractivity (Wildman–Crippen MR) is 115 cm³/mol. The molecule has 2 aliphatic rings. The standard InChI is InChI=1S/C19H29N3O3.HI/c1-6-24-15-11-12(7-8-14(15)23-5)21-18(20-4)22-16-13-9-10-25-17(13)19(16,2)3;/h7-8,11,13,16-17H,6,9-10H2,1-5H3,(H2,20,21,22);1H. The van der Waals surface area contributed by atoms with Gasteiger partial charge in [-0.2, -0.15) is 0 Å². The Labute approximate surface area is 173 Å². The summed E-state index contributed by atoms with van der Waals surface area (Å²) >= 11 is 0. The molecule has 1 aromatic rings. The van der Waals surface area contributed by atoms with E-state index < -0.39 is 0 Å². The highest BCUT2D eigenvalue weighted by Gasteiger charge is 2.59. The number of aliphatic imine (C=N–C) groups is 1. The molecule has 2 N–H and O–H groups in total. The Bertz CT molecular complexity index is 651. The maximum absolute atomic E-state index is 5.87. The van der Waals surface area contributed by atoms with Crippen LogP contribution in [-0.2, 0) is 4.74 Å². The molecule has 3 unspecified atom stereocenters. The van der Waals surface area contributed by atoms with Crippen molar-refractivity contribution in [1.29, 1.82) is 0 Å². The first kappa shape index (κ1) is 21.1. The summed E-state index contributed by atoms with van der Waals surface area (Å²) in [5.74, 6) is 2.76. The molecule has 2 fully saturated rings. The molecule has 1 heterocycles. The molecule has 1 aliphatic heterocycles. The largest absolute Gasteiger partial charge is 0.493 e. The minimum absolute atomic E-state index is 0. The van der Waals surface area contributed by atoms with Crippen molar-refractivity contribution in [2.24, 2.45) is 16.3 Å². The van der Waals surface area contributed by atoms with Crippen LogP contribution in [0.15, 0.2) is 23.2 Å². The third kappa shape index (κ3) is 3.88. The lowest BCUT2D eigenvalue weighted by molar-refractivity contribution is -0.106. The van der Waals surface area contributed by atoms with Crippen LogP contribution in [0.1, 0.15) is 27.2 Å². The highest BCUT2D eigenvalue weighted by Crippen LogP contribution is 2.52. The molecule has 6 nitrogen and oxygen atoms in total. The number of halogens is 1. The van der Waals surface area contributed by atoms with Crippen LogP contribution >= 0.6 is 24.0 Å². The highest BCUT2D eigenvalue weighted by molar-refractivity contribution is 14.0. The summed E-state index contributed by atoms with van der Waals surface area (Å²) in [7, 11) is 3.43. The number of benzene rings is 1. The van der Waals surface area contributed by atoms with Gasteiger partial charge in [-0.05, 0) is 25.5 Å². The lowest BCUT2D eigenvalue weighted by atomic mass is 9.57. The van der Waals surface area contributed by atoms with Gasteiger partial charge >= 0.3 is 0 Å². The first-order valence-corrected chi connectivity index (χ1v) is 8.94. The number of anilines is 1. The normalized spacial score (nSPS) is 26.2. The minimum atomic E-state index is 0. The van der Waals surface area contributed by atoms with Crippen molar-refractivity contribution in [1.82, 2.24) is 5.32 Å². The Morgan fingerprint density at radius 3 is 2.77 bits per heavy atom. The third-order valence-electron chi connectivity index (χ3n) is 5.34. The summed E-state index contributed by atoms with van der Waals surface area (Å²) in [6.45, 7) is 7.92. The number of ether oxygens (including phenoxy) is 3. The van der Waals surface area contributed by atoms with Crippen LogP contribution in [-0.4, -0.2) is 45.5 Å². The van der Waals surface area contributed by atoms with E-state index in [0.29, 0.717) is 24.7 Å². The molecule has 3 atom stereocenters. The number of nitrogens with one attached hydrogen (secondary N) is 2. The van der Waals surface area contributed by atoms with Gasteiger partial charge in [-0.15, -0.1) is 24.0 Å². The Balaban J connectivity index is 0.00000243. The molecule has 7 heteroatoms. The Kier molecular flexibility index (Phi) is 7.01. The maximum atomic E-state index is 5.87. The fraction of sp³-hybridized carbons (Fsp3) is 0.632. The summed E-state index contributed by atoms with van der Waals surface area (Å²) in [4.78, 5) is 4.38. The van der Waals surface area contributed by atoms with Gasteiger partial charge in [-0.1, -0.05) is 13.8 Å². The number of methoxy groups -OCH3 is 1. The molecule has 0 aromatic heterocycles. The molecule has 1 saturated heterocycles. The zero-order valence-electron chi connectivity index (χ0n) is 16.2. The second kappa shape index (κ2) is 8.65. The second-order valence-corrected chi connectivity index (χ2v) is 7.18. The Morgan fingerprint density at radius 1 is 1.35 bits per heavy atom. The fourth-order valence-electron chi connectivity index (χ4n) is 4.08. The summed E-state index contributed by atoms with van der Waals surface area (Å²) in [6, 6.07) is 6.15. The number of nitrogens with zero attached hydrogens (tertiary/aromatic N) is 1. The van der Waals surface area contributed by atoms with E-state index in [9.17, 15) is 0 Å². The van der Waals surface area contributed by atoms with Crippen LogP contribution in [0.5, 0.6) is 11.5 Å². The number of fused-ring (bicyclic) bond motifs is 1. The van der Waals surface area contributed by atoms with Crippen LogP contribution in [0.4, 0.5) is 5.69 Å². The average Bonchev–Trinajstić information content (AvgIpc) is 3.06. The van der Waals surface area contributed by atoms with Crippen molar-refractivity contribution in [3.8, 4) is 11.5 Å². The van der Waals surface area contributed by atoms with Crippen molar-refractivity contribution >= 4 is 35.6 Å². The first-order chi connectivity index (χ1) is 12.0. The van der Waals surface area contributed by atoms with E-state index >= 15 is 0 Å². The quantitative estimate of drug-likeness (QED) is 0.388. The topological polar surface area (TPSA) is 64.1 Å². The molecule has 1 aromatic carbocycles. The highest BCUT2D eigenvalue weighted by atomic mass is 127. The number of rotatable bonds is 5. The molecule has 0 amide bonds. The van der Waals surface area contributed by atoms with E-state index in [1.807, 2.05) is 25.1 Å². The molecular weight excluding hydrogens is 445 g/mol. The van der Waals surface area contributed by atoms with E-state index in [1.165, 1.54) is 0 Å². The van der Waals surface area contributed by atoms with Gasteiger partial charge in [0, 0.05) is 42.8 Å². The molecule has 0 spiro atoms. The van der Waals surface area contributed by atoms with Crippen LogP contribution < -0.4 is 20.1 Å². The van der Waals surface area contributed by atoms with Gasteiger partial charge in [-0.3, -0.25) is 4.99 Å². The van der Waals surface area contributed by atoms with E-state index in [0.717, 1.165) is 36.2 Å². The lowest BCUT2D eigenvalue weighted by Gasteiger charge is -2.54. The average molecular weight is 475 g/mol. The van der Waals surface area contributed by atoms with Gasteiger partial charge in [0.2, 0.25) is 0 Å². The van der Waals surface area contributed by atoms with E-state index in [-0.39, 0.29) is 29.4 Å². The molecule has 26 heavy (non-hydrogen) atoms. The van der Waals surface area contributed by atoms with Gasteiger partial charge in [0.15, 0.2) is 17.5 Å². The molecule has 146 valence electrons. The summed E-state index contributed by atoms with van der Waals surface area (Å²) in [5.41, 5.74) is 1.02. The summed E-state index contributed by atoms with van der Waals surface area (Å²) in [6.07, 6.45) is 1.47. The van der Waals surface area contributed by atoms with Crippen LogP contribution in [0, 0.1) is 11.3 Å². The summed E-state index contributed by atoms with van der Waals surface area (Å²) < 4.78 is 16.9. The fourth-order valence-corrected chi connectivity index (χ4v) is 4.08. The van der Waals surface area contributed by atoms with E-state index in [2.05, 4.69) is 29.5 Å². The van der Waals surface area contributed by atoms with Crippen molar-refractivity contribution in [2.75, 3.05) is 32.7 Å². The van der Waals surface area contributed by atoms with Gasteiger partial charge < -0.3 is 24.8 Å². The SMILES string of the molecule is CCOc1cc(NC(=NC)NC2C3CCOC3C2(C)C)ccc1OC.I. The lowest BCUT2D eigenvalue weighted by Crippen LogP contribution is -2.67. The van der Waals surface area contributed by atoms with Gasteiger partial charge in [-0.25, -0.2) is 0 Å². The zero-order chi connectivity index (χ0) is 18.0. The molecule has 1 saturated carbocycles. The smallest absolute Gasteiger partial charge is 0.195 e. The van der Waals surface area contributed by atoms with Crippen molar-refractivity contribution in [3.63, 3.8) is 0 Å². The summed E-state index contributed by atoms with van der Waals surface area (Å²) in [5, 5.41) is 6.94. The molecule has 3 rings (SSSR count). The van der Waals surface area contributed by atoms with Crippen LogP contribution in [0.25, 0.3) is 0 Å². The van der Waals surface area contributed by atoms with E-state index in [4.69, 9.17) is 14.2 Å². The second-order valence-electron chi connectivity index (χ2n) is 7.18. The first-order valence-electron chi connectivity index (χ1n) is 8.94. The maximum Gasteiger partial charge on any atom is 0.195 e. The van der Waals surface area contributed by atoms with Crippen molar-refractivity contribution in [3.05, 3.63) is 18.2 Å². The van der Waals surface area contributed by atoms with Crippen LogP contribution in [0.3, 0.4) is 0 Å². The Morgan fingerprint density at radius 2 is 2.12 bits per heavy atom. The van der Waals surface area contributed by atoms with Gasteiger partial charge in [0.05, 0.1) is 19.8 Å². The Hall–Kier alpha value is -1.22.